The number of para-hydroxylation sites is 3. The fourth-order valence-electron chi connectivity index (χ4n) is 3.07. The van der Waals surface area contributed by atoms with E-state index in [-0.39, 0.29) is 19.1 Å². The molecule has 5 rings (SSSR count). The molecular weight excluding hydrogens is 358 g/mol. The molecular formula is C21H15N3O4. The van der Waals surface area contributed by atoms with E-state index < -0.39 is 0 Å². The summed E-state index contributed by atoms with van der Waals surface area (Å²) in [6.45, 7) is 0.101. The molecule has 7 heteroatoms. The molecule has 5 aromatic rings. The first-order chi connectivity index (χ1) is 13.8. The number of carbonyl (C=O) groups is 1. The number of nitrogens with zero attached hydrogens (tertiary/aromatic N) is 3. The van der Waals surface area contributed by atoms with Crippen LogP contribution in [0.15, 0.2) is 75.9 Å². The predicted molar refractivity (Wildman–Crippen MR) is 101 cm³/mol. The third kappa shape index (κ3) is 3.03. The zero-order valence-corrected chi connectivity index (χ0v) is 14.7. The summed E-state index contributed by atoms with van der Waals surface area (Å²) in [5.41, 5.74) is 3.00. The van der Waals surface area contributed by atoms with Crippen LogP contribution in [-0.2, 0) is 22.7 Å². The fraction of sp³-hybridized carbons (Fsp3) is 0.0952. The van der Waals surface area contributed by atoms with Crippen molar-refractivity contribution in [3.63, 3.8) is 0 Å². The third-order valence-corrected chi connectivity index (χ3v) is 4.44. The maximum atomic E-state index is 12.2. The van der Waals surface area contributed by atoms with E-state index >= 15 is 0 Å². The molecule has 3 heterocycles. The van der Waals surface area contributed by atoms with Crippen LogP contribution in [0.4, 0.5) is 0 Å². The van der Waals surface area contributed by atoms with Crippen molar-refractivity contribution in [2.45, 2.75) is 13.2 Å². The van der Waals surface area contributed by atoms with E-state index in [1.807, 2.05) is 54.6 Å². The van der Waals surface area contributed by atoms with Crippen LogP contribution >= 0.6 is 0 Å². The minimum atomic E-state index is -0.378. The van der Waals surface area contributed by atoms with Crippen molar-refractivity contribution >= 4 is 28.0 Å². The molecule has 0 bridgehead atoms. The Bertz CT molecular complexity index is 1250. The van der Waals surface area contributed by atoms with Gasteiger partial charge in [0.25, 0.3) is 0 Å². The van der Waals surface area contributed by atoms with Crippen molar-refractivity contribution in [2.24, 2.45) is 0 Å². The highest BCUT2D eigenvalue weighted by molar-refractivity contribution is 5.82. The average Bonchev–Trinajstić information content (AvgIpc) is 3.44. The van der Waals surface area contributed by atoms with E-state index in [1.165, 1.54) is 0 Å². The second-order valence-electron chi connectivity index (χ2n) is 6.35. The van der Waals surface area contributed by atoms with Gasteiger partial charge in [0.05, 0.1) is 17.4 Å². The molecule has 7 nitrogen and oxygen atoms in total. The Morgan fingerprint density at radius 1 is 1.04 bits per heavy atom. The van der Waals surface area contributed by atoms with Crippen LogP contribution in [-0.4, -0.2) is 20.7 Å². The number of aromatic nitrogens is 3. The summed E-state index contributed by atoms with van der Waals surface area (Å²) in [7, 11) is 0. The number of benzene rings is 2. The fourth-order valence-corrected chi connectivity index (χ4v) is 3.07. The van der Waals surface area contributed by atoms with E-state index in [1.54, 1.807) is 17.0 Å². The molecule has 0 amide bonds. The van der Waals surface area contributed by atoms with Gasteiger partial charge in [-0.2, -0.15) is 0 Å². The molecule has 0 unspecified atom stereocenters. The van der Waals surface area contributed by atoms with Crippen molar-refractivity contribution < 1.29 is 18.5 Å². The third-order valence-electron chi connectivity index (χ3n) is 4.44. The Morgan fingerprint density at radius 2 is 1.89 bits per heavy atom. The maximum absolute atomic E-state index is 12.2. The first-order valence-electron chi connectivity index (χ1n) is 8.76. The van der Waals surface area contributed by atoms with E-state index in [0.29, 0.717) is 17.2 Å². The van der Waals surface area contributed by atoms with Gasteiger partial charge in [-0.25, -0.2) is 4.98 Å². The van der Waals surface area contributed by atoms with Crippen LogP contribution in [0, 0.1) is 0 Å². The quantitative estimate of drug-likeness (QED) is 0.430. The summed E-state index contributed by atoms with van der Waals surface area (Å²) in [6, 6.07) is 18.9. The smallest absolute Gasteiger partial charge is 0.326 e. The highest BCUT2D eigenvalue weighted by atomic mass is 16.5. The van der Waals surface area contributed by atoms with Gasteiger partial charge in [0.2, 0.25) is 5.76 Å². The molecule has 3 aromatic heterocycles. The number of esters is 1. The lowest BCUT2D eigenvalue weighted by atomic mass is 10.2. The Kier molecular flexibility index (Phi) is 3.90. The van der Waals surface area contributed by atoms with Gasteiger partial charge in [-0.1, -0.05) is 35.5 Å². The standard InChI is InChI=1S/C21H15N3O4/c25-21(11-24-13-22-16-6-2-3-7-17(16)24)26-12-15-10-20(28-23-15)19-9-14-5-1-4-8-18(14)27-19/h1-10,13H,11-12H2. The number of fused-ring (bicyclic) bond motifs is 2. The number of furan rings is 1. The van der Waals surface area contributed by atoms with Crippen molar-refractivity contribution in [3.8, 4) is 11.5 Å². The topological polar surface area (TPSA) is 83.3 Å². The lowest BCUT2D eigenvalue weighted by Crippen LogP contribution is -2.12. The zero-order valence-electron chi connectivity index (χ0n) is 14.7. The zero-order chi connectivity index (χ0) is 18.9. The molecule has 0 saturated carbocycles. The highest BCUT2D eigenvalue weighted by Crippen LogP contribution is 2.28. The molecule has 0 radical (unpaired) electrons. The molecule has 138 valence electrons. The summed E-state index contributed by atoms with van der Waals surface area (Å²) < 4.78 is 18.1. The van der Waals surface area contributed by atoms with Gasteiger partial charge in [-0.3, -0.25) is 4.79 Å². The summed E-state index contributed by atoms with van der Waals surface area (Å²) in [6.07, 6.45) is 1.63. The van der Waals surface area contributed by atoms with Crippen LogP contribution in [0.25, 0.3) is 33.5 Å². The van der Waals surface area contributed by atoms with Gasteiger partial charge in [-0.05, 0) is 24.3 Å². The molecule has 0 aliphatic rings. The van der Waals surface area contributed by atoms with Crippen LogP contribution in [0.3, 0.4) is 0 Å². The summed E-state index contributed by atoms with van der Waals surface area (Å²) >= 11 is 0. The van der Waals surface area contributed by atoms with Crippen LogP contribution in [0.2, 0.25) is 0 Å². The first kappa shape index (κ1) is 16.3. The SMILES string of the molecule is O=C(Cn1cnc2ccccc21)OCc1cc(-c2cc3ccccc3o2)on1. The van der Waals surface area contributed by atoms with Crippen molar-refractivity contribution in [1.82, 2.24) is 14.7 Å². The number of rotatable bonds is 5. The minimum Gasteiger partial charge on any atom is -0.458 e. The molecule has 0 atom stereocenters. The summed E-state index contributed by atoms with van der Waals surface area (Å²) in [5, 5.41) is 4.93. The van der Waals surface area contributed by atoms with Gasteiger partial charge in [0.15, 0.2) is 5.76 Å². The Balaban J connectivity index is 1.25. The number of hydrogen-bond donors (Lipinski definition) is 0. The number of carbonyl (C=O) groups excluding carboxylic acids is 1. The highest BCUT2D eigenvalue weighted by Gasteiger charge is 2.14. The number of ether oxygens (including phenoxy) is 1. The largest absolute Gasteiger partial charge is 0.458 e. The monoisotopic (exact) mass is 373 g/mol. The van der Waals surface area contributed by atoms with Gasteiger partial charge in [0, 0.05) is 11.5 Å². The molecule has 0 aliphatic heterocycles. The van der Waals surface area contributed by atoms with Crippen LogP contribution < -0.4 is 0 Å². The van der Waals surface area contributed by atoms with Gasteiger partial charge >= 0.3 is 5.97 Å². The Hall–Kier alpha value is -3.87. The molecule has 0 N–H and O–H groups in total. The average molecular weight is 373 g/mol. The molecule has 0 fully saturated rings. The number of imidazole rings is 1. The molecule has 0 spiro atoms. The summed E-state index contributed by atoms with van der Waals surface area (Å²) in [4.78, 5) is 16.4. The van der Waals surface area contributed by atoms with Crippen molar-refractivity contribution in [2.75, 3.05) is 0 Å². The molecule has 28 heavy (non-hydrogen) atoms. The summed E-state index contributed by atoms with van der Waals surface area (Å²) in [5.74, 6) is 0.690. The maximum Gasteiger partial charge on any atom is 0.326 e. The van der Waals surface area contributed by atoms with Gasteiger partial charge < -0.3 is 18.2 Å². The minimum absolute atomic E-state index is 0.0230. The molecule has 0 saturated heterocycles. The van der Waals surface area contributed by atoms with E-state index in [0.717, 1.165) is 22.0 Å². The van der Waals surface area contributed by atoms with Gasteiger partial charge in [-0.15, -0.1) is 0 Å². The van der Waals surface area contributed by atoms with Crippen molar-refractivity contribution in [1.29, 1.82) is 0 Å². The lowest BCUT2D eigenvalue weighted by molar-refractivity contribution is -0.145. The van der Waals surface area contributed by atoms with Crippen LogP contribution in [0.1, 0.15) is 5.69 Å². The first-order valence-corrected chi connectivity index (χ1v) is 8.76. The van der Waals surface area contributed by atoms with E-state index in [2.05, 4.69) is 10.1 Å². The van der Waals surface area contributed by atoms with Gasteiger partial charge in [0.1, 0.15) is 24.4 Å². The van der Waals surface area contributed by atoms with Crippen LogP contribution in [0.5, 0.6) is 0 Å². The van der Waals surface area contributed by atoms with E-state index in [4.69, 9.17) is 13.7 Å². The van der Waals surface area contributed by atoms with Crippen molar-refractivity contribution in [3.05, 3.63) is 72.7 Å². The second kappa shape index (κ2) is 6.70. The number of hydrogen-bond acceptors (Lipinski definition) is 6. The lowest BCUT2D eigenvalue weighted by Gasteiger charge is -2.04. The van der Waals surface area contributed by atoms with E-state index in [9.17, 15) is 4.79 Å². The Labute approximate surface area is 159 Å². The second-order valence-corrected chi connectivity index (χ2v) is 6.35. The predicted octanol–water partition coefficient (Wildman–Crippen LogP) is 4.18. The molecule has 0 aliphatic carbocycles. The Morgan fingerprint density at radius 3 is 2.82 bits per heavy atom. The molecule has 2 aromatic carbocycles. The normalized spacial score (nSPS) is 11.3.